The number of amides is 1. The number of allylic oxidation sites excluding steroid dienone is 2. The third kappa shape index (κ3) is 8.03. The molecule has 1 amide bonds. The lowest BCUT2D eigenvalue weighted by atomic mass is 9.40. The summed E-state index contributed by atoms with van der Waals surface area (Å²) in [6.45, 7) is 15.3. The molecule has 4 fully saturated rings. The highest BCUT2D eigenvalue weighted by molar-refractivity contribution is 5.86. The molecule has 13 nitrogen and oxygen atoms in total. The standard InChI is InChI=1S/C46H69NO12/c1-41(2)31-17-16-28-29(21-32(49)46(8)27(19-20-45(28,46)7)26-15-18-33(42(3,4)55)58-39(26)53)44(31,6)22-30(48)38(41)59-35(51)24-43(5,56)23-34(50)47-36(40(54)57-9)37(52)25-13-11-10-12-14-25/h10-14,16,26-27,29-33,36-39,48-49,52-53,55-56H,15,17-24H2,1-9H3,(H,47,50)/t26-,27-,29+,30-,31+,32+,33-,36+,37-,38+,39+,43-,44-,45-,46-/m1/s1. The third-order valence-corrected chi connectivity index (χ3v) is 16.2. The summed E-state index contributed by atoms with van der Waals surface area (Å²) in [6.07, 6.45) is 0.0960. The van der Waals surface area contributed by atoms with Crippen LogP contribution >= 0.6 is 0 Å². The van der Waals surface area contributed by atoms with Crippen LogP contribution in [0.3, 0.4) is 0 Å². The van der Waals surface area contributed by atoms with Crippen LogP contribution in [-0.4, -0.2) is 104 Å². The van der Waals surface area contributed by atoms with E-state index in [-0.39, 0.29) is 29.1 Å². The Morgan fingerprint density at radius 3 is 2.24 bits per heavy atom. The molecule has 0 radical (unpaired) electrons. The molecule has 13 heteroatoms. The number of esters is 2. The summed E-state index contributed by atoms with van der Waals surface area (Å²) in [5.41, 5.74) is -3.37. The number of rotatable bonds is 11. The molecule has 1 aromatic carbocycles. The SMILES string of the molecule is COC(=O)[C@@H](NC(=O)C[C@@](C)(O)CC(=O)O[C@H]1[C@H](O)C[C@]2(C)[C@H]3C[C@H](O)[C@@]4(C)[C@@H]([C@H]5CC[C@H](C(C)(C)O)O[C@@H]5O)CC[C@]4(C)C3=CC[C@H]2C1(C)C)[C@H](O)c1ccccc1. The highest BCUT2D eigenvalue weighted by Crippen LogP contribution is 2.74. The van der Waals surface area contributed by atoms with Crippen LogP contribution in [0.1, 0.15) is 125 Å². The second kappa shape index (κ2) is 16.1. The average Bonchev–Trinajstić information content (AvgIpc) is 3.43. The van der Waals surface area contributed by atoms with Crippen LogP contribution in [0.2, 0.25) is 0 Å². The van der Waals surface area contributed by atoms with Crippen molar-refractivity contribution in [1.29, 1.82) is 0 Å². The summed E-state index contributed by atoms with van der Waals surface area (Å²) < 4.78 is 16.8. The lowest BCUT2D eigenvalue weighted by Crippen LogP contribution is -2.65. The van der Waals surface area contributed by atoms with Gasteiger partial charge in [-0.25, -0.2) is 4.79 Å². The Labute approximate surface area is 348 Å². The summed E-state index contributed by atoms with van der Waals surface area (Å²) in [6, 6.07) is 6.83. The molecule has 5 aliphatic rings. The van der Waals surface area contributed by atoms with Crippen LogP contribution in [0.5, 0.6) is 0 Å². The van der Waals surface area contributed by atoms with E-state index in [1.165, 1.54) is 12.5 Å². The Hall–Kier alpha value is -2.91. The molecule has 0 unspecified atom stereocenters. The van der Waals surface area contributed by atoms with Gasteiger partial charge in [0.1, 0.15) is 12.2 Å². The Bertz CT molecular complexity index is 1760. The number of aliphatic hydroxyl groups excluding tert-OH is 4. The first-order chi connectivity index (χ1) is 27.3. The zero-order valence-corrected chi connectivity index (χ0v) is 36.3. The minimum atomic E-state index is -1.89. The maximum Gasteiger partial charge on any atom is 0.331 e. The molecular weight excluding hydrogens is 759 g/mol. The number of benzene rings is 1. The third-order valence-electron chi connectivity index (χ3n) is 16.2. The maximum atomic E-state index is 13.6. The number of aliphatic hydroxyl groups is 6. The molecular formula is C46H69NO12. The molecule has 0 aromatic heterocycles. The van der Waals surface area contributed by atoms with E-state index in [0.29, 0.717) is 37.7 Å². The van der Waals surface area contributed by atoms with Crippen LogP contribution in [0.4, 0.5) is 0 Å². The molecule has 1 aromatic rings. The van der Waals surface area contributed by atoms with Gasteiger partial charge in [-0.2, -0.15) is 0 Å². The Balaban J connectivity index is 1.14. The number of methoxy groups -OCH3 is 1. The lowest BCUT2D eigenvalue weighted by Gasteiger charge is -2.66. The highest BCUT2D eigenvalue weighted by Gasteiger charge is 2.70. The maximum absolute atomic E-state index is 13.6. The van der Waals surface area contributed by atoms with Crippen molar-refractivity contribution >= 4 is 17.8 Å². The molecule has 1 saturated heterocycles. The largest absolute Gasteiger partial charge is 0.467 e. The van der Waals surface area contributed by atoms with Gasteiger partial charge in [-0.1, -0.05) is 76.6 Å². The van der Waals surface area contributed by atoms with E-state index in [1.807, 2.05) is 13.8 Å². The van der Waals surface area contributed by atoms with E-state index in [2.05, 4.69) is 32.2 Å². The minimum Gasteiger partial charge on any atom is -0.467 e. The Morgan fingerprint density at radius 2 is 1.63 bits per heavy atom. The van der Waals surface area contributed by atoms with Crippen LogP contribution in [0, 0.1) is 45.3 Å². The zero-order valence-electron chi connectivity index (χ0n) is 36.3. The predicted octanol–water partition coefficient (Wildman–Crippen LogP) is 4.25. The number of carbonyl (C=O) groups excluding carboxylic acids is 3. The van der Waals surface area contributed by atoms with Crippen LogP contribution < -0.4 is 5.32 Å². The summed E-state index contributed by atoms with van der Waals surface area (Å²) in [7, 11) is 1.13. The average molecular weight is 828 g/mol. The van der Waals surface area contributed by atoms with Crippen molar-refractivity contribution in [2.45, 2.75) is 167 Å². The fraction of sp³-hybridized carbons (Fsp3) is 0.761. The molecule has 0 spiro atoms. The molecule has 330 valence electrons. The van der Waals surface area contributed by atoms with Crippen molar-refractivity contribution in [2.24, 2.45) is 45.3 Å². The smallest absolute Gasteiger partial charge is 0.331 e. The molecule has 6 rings (SSSR count). The van der Waals surface area contributed by atoms with Gasteiger partial charge in [-0.15, -0.1) is 0 Å². The van der Waals surface area contributed by atoms with Gasteiger partial charge in [0.05, 0.1) is 49.5 Å². The van der Waals surface area contributed by atoms with Crippen molar-refractivity contribution in [2.75, 3.05) is 7.11 Å². The number of carbonyl (C=O) groups is 3. The van der Waals surface area contributed by atoms with E-state index >= 15 is 0 Å². The molecule has 0 bridgehead atoms. The molecule has 1 aliphatic heterocycles. The van der Waals surface area contributed by atoms with E-state index < -0.39 is 101 Å². The van der Waals surface area contributed by atoms with Gasteiger partial charge < -0.3 is 50.2 Å². The first-order valence-electron chi connectivity index (χ1n) is 21.5. The number of hydrogen-bond acceptors (Lipinski definition) is 12. The van der Waals surface area contributed by atoms with Gasteiger partial charge in [0.2, 0.25) is 5.91 Å². The van der Waals surface area contributed by atoms with Crippen molar-refractivity contribution < 1.29 is 59.2 Å². The van der Waals surface area contributed by atoms with Crippen LogP contribution in [0.15, 0.2) is 42.0 Å². The minimum absolute atomic E-state index is 0.00302. The predicted molar refractivity (Wildman–Crippen MR) is 217 cm³/mol. The number of hydrogen-bond donors (Lipinski definition) is 7. The second-order valence-corrected chi connectivity index (χ2v) is 20.7. The van der Waals surface area contributed by atoms with Crippen molar-refractivity contribution in [1.82, 2.24) is 5.32 Å². The van der Waals surface area contributed by atoms with Crippen molar-refractivity contribution in [3.63, 3.8) is 0 Å². The first-order valence-corrected chi connectivity index (χ1v) is 21.5. The first kappa shape index (κ1) is 45.6. The van der Waals surface area contributed by atoms with E-state index in [1.54, 1.807) is 44.2 Å². The topological polar surface area (TPSA) is 212 Å². The van der Waals surface area contributed by atoms with Crippen LogP contribution in [-0.2, 0) is 28.6 Å². The fourth-order valence-corrected chi connectivity index (χ4v) is 12.9. The molecule has 7 N–H and O–H groups in total. The Kier molecular flexibility index (Phi) is 12.4. The summed E-state index contributed by atoms with van der Waals surface area (Å²) in [5.74, 6) is -2.71. The number of fused-ring (bicyclic) bond motifs is 5. The van der Waals surface area contributed by atoms with Gasteiger partial charge in [-0.05, 0) is 99.9 Å². The molecule has 1 heterocycles. The van der Waals surface area contributed by atoms with E-state index in [4.69, 9.17) is 14.2 Å². The van der Waals surface area contributed by atoms with Crippen LogP contribution in [0.25, 0.3) is 0 Å². The normalized spacial score (nSPS) is 39.8. The molecule has 59 heavy (non-hydrogen) atoms. The molecule has 4 aliphatic carbocycles. The molecule has 15 atom stereocenters. The van der Waals surface area contributed by atoms with Crippen molar-refractivity contribution in [3.8, 4) is 0 Å². The van der Waals surface area contributed by atoms with Crippen molar-refractivity contribution in [3.05, 3.63) is 47.5 Å². The quantitative estimate of drug-likeness (QED) is 0.123. The van der Waals surface area contributed by atoms with E-state index in [9.17, 15) is 45.0 Å². The van der Waals surface area contributed by atoms with Gasteiger partial charge in [0, 0.05) is 16.7 Å². The van der Waals surface area contributed by atoms with E-state index in [0.717, 1.165) is 20.0 Å². The van der Waals surface area contributed by atoms with Gasteiger partial charge in [0.25, 0.3) is 0 Å². The number of ether oxygens (including phenoxy) is 3. The van der Waals surface area contributed by atoms with Gasteiger partial charge >= 0.3 is 11.9 Å². The van der Waals surface area contributed by atoms with Gasteiger partial charge in [0.15, 0.2) is 12.3 Å². The number of nitrogens with one attached hydrogen (secondary N) is 1. The second-order valence-electron chi connectivity index (χ2n) is 20.7. The monoisotopic (exact) mass is 827 g/mol. The summed E-state index contributed by atoms with van der Waals surface area (Å²) in [5, 5.41) is 70.6. The summed E-state index contributed by atoms with van der Waals surface area (Å²) >= 11 is 0. The lowest BCUT2D eigenvalue weighted by molar-refractivity contribution is -0.254. The van der Waals surface area contributed by atoms with Gasteiger partial charge in [-0.3, -0.25) is 9.59 Å². The fourth-order valence-electron chi connectivity index (χ4n) is 12.9. The zero-order chi connectivity index (χ0) is 43.7. The summed E-state index contributed by atoms with van der Waals surface area (Å²) in [4.78, 5) is 39.2. The Morgan fingerprint density at radius 1 is 0.966 bits per heavy atom. The highest BCUT2D eigenvalue weighted by atomic mass is 16.6. The molecule has 3 saturated carbocycles.